The molecule has 2 aromatic rings. The Bertz CT molecular complexity index is 712. The number of rotatable bonds is 8. The van der Waals surface area contributed by atoms with Gasteiger partial charge in [-0.1, -0.05) is 12.1 Å². The Morgan fingerprint density at radius 2 is 1.25 bits per heavy atom. The van der Waals surface area contributed by atoms with E-state index < -0.39 is 15.6 Å². The summed E-state index contributed by atoms with van der Waals surface area (Å²) >= 11 is 0. The van der Waals surface area contributed by atoms with Gasteiger partial charge in [-0.05, 0) is 12.1 Å². The molecule has 124 valence electrons. The van der Waals surface area contributed by atoms with Crippen molar-refractivity contribution in [1.29, 1.82) is 0 Å². The van der Waals surface area contributed by atoms with E-state index in [9.17, 15) is 25.0 Å². The van der Waals surface area contributed by atoms with Gasteiger partial charge in [0.1, 0.15) is 24.7 Å². The maximum Gasteiger partial charge on any atom is 0.273 e. The molecule has 0 saturated carbocycles. The Hall–Kier alpha value is -3.49. The Kier molecular flexibility index (Phi) is 5.40. The van der Waals surface area contributed by atoms with Crippen LogP contribution >= 0.6 is 0 Å². The van der Waals surface area contributed by atoms with Crippen LogP contribution in [-0.4, -0.2) is 28.8 Å². The van der Waals surface area contributed by atoms with Crippen LogP contribution in [0.4, 0.5) is 11.4 Å². The summed E-state index contributed by atoms with van der Waals surface area (Å²) in [5, 5.41) is 21.3. The molecule has 0 atom stereocenters. The molecule has 0 saturated heterocycles. The molecule has 0 fully saturated rings. The molecule has 0 aliphatic rings. The van der Waals surface area contributed by atoms with E-state index in [4.69, 9.17) is 9.47 Å². The van der Waals surface area contributed by atoms with Gasteiger partial charge in [0.2, 0.25) is 5.78 Å². The minimum atomic E-state index is -0.569. The molecule has 0 radical (unpaired) electrons. The number of carbonyl (C=O) groups excluding carboxylic acids is 1. The summed E-state index contributed by atoms with van der Waals surface area (Å²) < 4.78 is 10.3. The van der Waals surface area contributed by atoms with E-state index in [2.05, 4.69) is 0 Å². The van der Waals surface area contributed by atoms with Gasteiger partial charge in [-0.25, -0.2) is 0 Å². The number of nitro groups is 2. The van der Waals surface area contributed by atoms with E-state index in [-0.39, 0.29) is 36.1 Å². The molecule has 0 heterocycles. The zero-order valence-electron chi connectivity index (χ0n) is 12.3. The summed E-state index contributed by atoms with van der Waals surface area (Å²) in [4.78, 5) is 31.9. The normalized spacial score (nSPS) is 10.0. The second-order valence-corrected chi connectivity index (χ2v) is 4.62. The number of ether oxygens (including phenoxy) is 2. The largest absolute Gasteiger partial charge is 0.485 e. The quantitative estimate of drug-likeness (QED) is 0.537. The lowest BCUT2D eigenvalue weighted by Gasteiger charge is -2.07. The molecule has 24 heavy (non-hydrogen) atoms. The number of nitro benzene ring substituents is 2. The predicted molar refractivity (Wildman–Crippen MR) is 82.2 cm³/mol. The zero-order chi connectivity index (χ0) is 17.5. The molecule has 0 aliphatic heterocycles. The first kappa shape index (κ1) is 16.9. The van der Waals surface area contributed by atoms with Crippen LogP contribution in [0.25, 0.3) is 0 Å². The van der Waals surface area contributed by atoms with Crippen LogP contribution in [0.1, 0.15) is 0 Å². The van der Waals surface area contributed by atoms with E-state index in [1.807, 2.05) is 0 Å². The maximum absolute atomic E-state index is 11.7. The molecule has 0 aliphatic carbocycles. The molecule has 9 heteroatoms. The van der Waals surface area contributed by atoms with Crippen molar-refractivity contribution >= 4 is 17.2 Å². The lowest BCUT2D eigenvalue weighted by molar-refractivity contribution is -0.385. The summed E-state index contributed by atoms with van der Waals surface area (Å²) in [5.74, 6) is -0.0474. The fourth-order valence-corrected chi connectivity index (χ4v) is 1.74. The molecule has 0 N–H and O–H groups in total. The highest BCUT2D eigenvalue weighted by atomic mass is 16.6. The maximum atomic E-state index is 11.7. The molecular formula is C15H12N2O7. The Balaban J connectivity index is 1.85. The van der Waals surface area contributed by atoms with Crippen LogP contribution in [-0.2, 0) is 4.79 Å². The Morgan fingerprint density at radius 3 is 1.62 bits per heavy atom. The highest BCUT2D eigenvalue weighted by Gasteiger charge is 2.10. The number of benzene rings is 2. The van der Waals surface area contributed by atoms with Gasteiger partial charge < -0.3 is 9.47 Å². The number of ketones is 1. The highest BCUT2D eigenvalue weighted by molar-refractivity contribution is 5.81. The summed E-state index contributed by atoms with van der Waals surface area (Å²) in [6.07, 6.45) is 0. The van der Waals surface area contributed by atoms with Crippen molar-refractivity contribution in [3.8, 4) is 11.5 Å². The van der Waals surface area contributed by atoms with Crippen molar-refractivity contribution in [2.45, 2.75) is 0 Å². The van der Waals surface area contributed by atoms with Crippen LogP contribution in [0, 0.1) is 20.2 Å². The van der Waals surface area contributed by atoms with Gasteiger partial charge in [-0.2, -0.15) is 0 Å². The van der Waals surface area contributed by atoms with Crippen LogP contribution in [0.5, 0.6) is 11.5 Å². The van der Waals surface area contributed by atoms with Crippen molar-refractivity contribution in [3.63, 3.8) is 0 Å². The number of non-ortho nitro benzene ring substituents is 2. The van der Waals surface area contributed by atoms with E-state index in [1.54, 1.807) is 0 Å². The topological polar surface area (TPSA) is 122 Å². The number of hydrogen-bond acceptors (Lipinski definition) is 7. The van der Waals surface area contributed by atoms with E-state index in [1.165, 1.54) is 48.5 Å². The number of carbonyl (C=O) groups is 1. The summed E-state index contributed by atoms with van der Waals surface area (Å²) in [6, 6.07) is 10.9. The van der Waals surface area contributed by atoms with Crippen LogP contribution in [0.15, 0.2) is 48.5 Å². The predicted octanol–water partition coefficient (Wildman–Crippen LogP) is 2.53. The summed E-state index contributed by atoms with van der Waals surface area (Å²) in [7, 11) is 0. The molecule has 2 rings (SSSR count). The molecule has 2 aromatic carbocycles. The van der Waals surface area contributed by atoms with Gasteiger partial charge in [0.25, 0.3) is 11.4 Å². The molecular weight excluding hydrogens is 320 g/mol. The Labute approximate surface area is 135 Å². The lowest BCUT2D eigenvalue weighted by Crippen LogP contribution is -2.19. The second kappa shape index (κ2) is 7.68. The van der Waals surface area contributed by atoms with Crippen molar-refractivity contribution in [2.24, 2.45) is 0 Å². The van der Waals surface area contributed by atoms with Crippen LogP contribution in [0.2, 0.25) is 0 Å². The van der Waals surface area contributed by atoms with Gasteiger partial charge in [0.15, 0.2) is 0 Å². The molecule has 9 nitrogen and oxygen atoms in total. The van der Waals surface area contributed by atoms with Crippen molar-refractivity contribution in [1.82, 2.24) is 0 Å². The van der Waals surface area contributed by atoms with Crippen LogP contribution < -0.4 is 9.47 Å². The van der Waals surface area contributed by atoms with Gasteiger partial charge in [0, 0.05) is 12.1 Å². The number of hydrogen-bond donors (Lipinski definition) is 0. The smallest absolute Gasteiger partial charge is 0.273 e. The van der Waals surface area contributed by atoms with Gasteiger partial charge in [0.05, 0.1) is 22.0 Å². The van der Waals surface area contributed by atoms with Gasteiger partial charge in [-0.15, -0.1) is 0 Å². The van der Waals surface area contributed by atoms with Crippen LogP contribution in [0.3, 0.4) is 0 Å². The van der Waals surface area contributed by atoms with Gasteiger partial charge in [-0.3, -0.25) is 25.0 Å². The zero-order valence-corrected chi connectivity index (χ0v) is 12.3. The standard InChI is InChI=1S/C15H12N2O7/c18-13(9-23-14-5-1-3-11(7-14)16(19)20)10-24-15-6-2-4-12(8-15)17(21)22/h1-8H,9-10H2. The second-order valence-electron chi connectivity index (χ2n) is 4.62. The SMILES string of the molecule is O=C(COc1cccc([N+](=O)[O-])c1)COc1cccc([N+](=O)[O-])c1. The first-order valence-electron chi connectivity index (χ1n) is 6.72. The number of Topliss-reactive ketones (excluding diaryl/α,β-unsaturated/α-hetero) is 1. The minimum absolute atomic E-state index is 0.146. The van der Waals surface area contributed by atoms with E-state index in [0.717, 1.165) is 0 Å². The van der Waals surface area contributed by atoms with Crippen molar-refractivity contribution in [3.05, 3.63) is 68.8 Å². The number of nitrogens with zero attached hydrogens (tertiary/aromatic N) is 2. The molecule has 0 aromatic heterocycles. The van der Waals surface area contributed by atoms with E-state index >= 15 is 0 Å². The lowest BCUT2D eigenvalue weighted by atomic mass is 10.3. The third-order valence-corrected chi connectivity index (χ3v) is 2.86. The fraction of sp³-hybridized carbons (Fsp3) is 0.133. The molecule has 0 unspecified atom stereocenters. The Morgan fingerprint density at radius 1 is 0.833 bits per heavy atom. The van der Waals surface area contributed by atoms with E-state index in [0.29, 0.717) is 0 Å². The highest BCUT2D eigenvalue weighted by Crippen LogP contribution is 2.20. The van der Waals surface area contributed by atoms with Crippen molar-refractivity contribution < 1.29 is 24.1 Å². The minimum Gasteiger partial charge on any atom is -0.485 e. The molecule has 0 amide bonds. The first-order valence-corrected chi connectivity index (χ1v) is 6.72. The summed E-state index contributed by atoms with van der Waals surface area (Å²) in [6.45, 7) is -0.674. The average Bonchev–Trinajstić information content (AvgIpc) is 2.58. The molecule has 0 bridgehead atoms. The van der Waals surface area contributed by atoms with Crippen molar-refractivity contribution in [2.75, 3.05) is 13.2 Å². The summed E-state index contributed by atoms with van der Waals surface area (Å²) in [5.41, 5.74) is -0.291. The fourth-order valence-electron chi connectivity index (χ4n) is 1.74. The third kappa shape index (κ3) is 4.77. The van der Waals surface area contributed by atoms with Gasteiger partial charge >= 0.3 is 0 Å². The monoisotopic (exact) mass is 332 g/mol. The third-order valence-electron chi connectivity index (χ3n) is 2.86. The average molecular weight is 332 g/mol. The molecule has 0 spiro atoms. The first-order chi connectivity index (χ1) is 11.5.